The van der Waals surface area contributed by atoms with Crippen LogP contribution < -0.4 is 5.32 Å². The molecule has 0 spiro atoms. The SMILES string of the molecule is CC(C)[C@H](Br)C(=O)Nc1nnc(-c2ccccc2)s1. The summed E-state index contributed by atoms with van der Waals surface area (Å²) in [4.78, 5) is 11.7. The van der Waals surface area contributed by atoms with Crippen LogP contribution in [0.5, 0.6) is 0 Å². The van der Waals surface area contributed by atoms with Crippen LogP contribution in [-0.4, -0.2) is 20.9 Å². The van der Waals surface area contributed by atoms with Gasteiger partial charge in [-0.1, -0.05) is 71.4 Å². The zero-order valence-corrected chi connectivity index (χ0v) is 13.0. The minimum Gasteiger partial charge on any atom is -0.300 e. The number of hydrogen-bond acceptors (Lipinski definition) is 4. The zero-order chi connectivity index (χ0) is 13.8. The predicted molar refractivity (Wildman–Crippen MR) is 81.5 cm³/mol. The molecule has 0 aliphatic heterocycles. The number of nitrogens with one attached hydrogen (secondary N) is 1. The van der Waals surface area contributed by atoms with E-state index in [9.17, 15) is 4.79 Å². The smallest absolute Gasteiger partial charge is 0.240 e. The number of carbonyl (C=O) groups is 1. The molecule has 1 N–H and O–H groups in total. The van der Waals surface area contributed by atoms with E-state index in [0.29, 0.717) is 5.13 Å². The van der Waals surface area contributed by atoms with Gasteiger partial charge >= 0.3 is 0 Å². The maximum Gasteiger partial charge on any atom is 0.240 e. The fraction of sp³-hybridized carbons (Fsp3) is 0.308. The monoisotopic (exact) mass is 339 g/mol. The molecule has 6 heteroatoms. The Morgan fingerprint density at radius 2 is 1.95 bits per heavy atom. The van der Waals surface area contributed by atoms with Crippen LogP contribution in [0.1, 0.15) is 13.8 Å². The first-order valence-electron chi connectivity index (χ1n) is 5.92. The van der Waals surface area contributed by atoms with Gasteiger partial charge in [-0.05, 0) is 5.92 Å². The number of hydrogen-bond donors (Lipinski definition) is 1. The van der Waals surface area contributed by atoms with Gasteiger partial charge in [0.1, 0.15) is 5.01 Å². The summed E-state index contributed by atoms with van der Waals surface area (Å²) in [7, 11) is 0. The Bertz CT molecular complexity index is 556. The minimum atomic E-state index is -0.225. The number of anilines is 1. The van der Waals surface area contributed by atoms with Crippen LogP contribution in [0.25, 0.3) is 10.6 Å². The van der Waals surface area contributed by atoms with Crippen LogP contribution in [0.15, 0.2) is 30.3 Å². The Balaban J connectivity index is 2.08. The van der Waals surface area contributed by atoms with E-state index in [-0.39, 0.29) is 16.7 Å². The lowest BCUT2D eigenvalue weighted by atomic mass is 10.1. The molecule has 4 nitrogen and oxygen atoms in total. The summed E-state index contributed by atoms with van der Waals surface area (Å²) in [6.07, 6.45) is 0. The van der Waals surface area contributed by atoms with Gasteiger partial charge in [0.05, 0.1) is 4.83 Å². The number of halogens is 1. The first-order chi connectivity index (χ1) is 9.08. The number of rotatable bonds is 4. The molecule has 0 aliphatic carbocycles. The van der Waals surface area contributed by atoms with Crippen molar-refractivity contribution in [2.45, 2.75) is 18.7 Å². The molecule has 0 unspecified atom stereocenters. The van der Waals surface area contributed by atoms with Crippen LogP contribution >= 0.6 is 27.3 Å². The van der Waals surface area contributed by atoms with Gasteiger partial charge in [0.15, 0.2) is 0 Å². The Labute approximate surface area is 124 Å². The number of nitrogens with zero attached hydrogens (tertiary/aromatic N) is 2. The summed E-state index contributed by atoms with van der Waals surface area (Å²) in [5.41, 5.74) is 1.000. The standard InChI is InChI=1S/C13H14BrN3OS/c1-8(2)10(14)11(18)15-13-17-16-12(19-13)9-6-4-3-5-7-9/h3-8,10H,1-2H3,(H,15,17,18)/t10-/m0/s1. The lowest BCUT2D eigenvalue weighted by Gasteiger charge is -2.11. The average Bonchev–Trinajstić information content (AvgIpc) is 2.87. The van der Waals surface area contributed by atoms with E-state index in [4.69, 9.17) is 0 Å². The van der Waals surface area contributed by atoms with E-state index < -0.39 is 0 Å². The van der Waals surface area contributed by atoms with E-state index >= 15 is 0 Å². The average molecular weight is 340 g/mol. The second-order valence-corrected chi connectivity index (χ2v) is 6.38. The highest BCUT2D eigenvalue weighted by molar-refractivity contribution is 9.10. The van der Waals surface area contributed by atoms with E-state index in [2.05, 4.69) is 31.4 Å². The molecule has 2 rings (SSSR count). The number of amides is 1. The van der Waals surface area contributed by atoms with E-state index in [1.807, 2.05) is 44.2 Å². The number of alkyl halides is 1. The van der Waals surface area contributed by atoms with Crippen LogP contribution in [0, 0.1) is 5.92 Å². The van der Waals surface area contributed by atoms with Gasteiger partial charge in [0, 0.05) is 5.56 Å². The van der Waals surface area contributed by atoms with Crippen molar-refractivity contribution in [1.29, 1.82) is 0 Å². The number of aromatic nitrogens is 2. The highest BCUT2D eigenvalue weighted by Crippen LogP contribution is 2.26. The molecule has 19 heavy (non-hydrogen) atoms. The Morgan fingerprint density at radius 3 is 2.58 bits per heavy atom. The molecule has 1 aromatic carbocycles. The van der Waals surface area contributed by atoms with E-state index in [0.717, 1.165) is 10.6 Å². The summed E-state index contributed by atoms with van der Waals surface area (Å²) in [6.45, 7) is 3.96. The molecule has 0 bridgehead atoms. The molecule has 1 amide bonds. The van der Waals surface area contributed by atoms with Crippen molar-refractivity contribution in [3.63, 3.8) is 0 Å². The van der Waals surface area contributed by atoms with Crippen molar-refractivity contribution in [2.75, 3.05) is 5.32 Å². The van der Waals surface area contributed by atoms with Crippen molar-refractivity contribution in [2.24, 2.45) is 5.92 Å². The molecule has 1 aromatic heterocycles. The highest BCUT2D eigenvalue weighted by Gasteiger charge is 2.20. The maximum atomic E-state index is 11.9. The third-order valence-corrected chi connectivity index (χ3v) is 4.87. The van der Waals surface area contributed by atoms with Crippen LogP contribution in [0.4, 0.5) is 5.13 Å². The first-order valence-corrected chi connectivity index (χ1v) is 7.65. The molecule has 0 saturated carbocycles. The maximum absolute atomic E-state index is 11.9. The summed E-state index contributed by atoms with van der Waals surface area (Å²) in [5.74, 6) is 0.132. The normalized spacial score (nSPS) is 12.4. The van der Waals surface area contributed by atoms with Gasteiger partial charge in [0.25, 0.3) is 0 Å². The van der Waals surface area contributed by atoms with Crippen LogP contribution in [0.2, 0.25) is 0 Å². The molecule has 0 aliphatic rings. The Hall–Kier alpha value is -1.27. The summed E-state index contributed by atoms with van der Waals surface area (Å²) in [6, 6.07) is 9.77. The third kappa shape index (κ3) is 3.61. The van der Waals surface area contributed by atoms with Crippen molar-refractivity contribution in [3.05, 3.63) is 30.3 Å². The fourth-order valence-corrected chi connectivity index (χ4v) is 2.31. The van der Waals surface area contributed by atoms with Crippen molar-refractivity contribution in [3.8, 4) is 10.6 Å². The van der Waals surface area contributed by atoms with Crippen LogP contribution in [-0.2, 0) is 4.79 Å². The Morgan fingerprint density at radius 1 is 1.26 bits per heavy atom. The summed E-state index contributed by atoms with van der Waals surface area (Å²) in [5, 5.41) is 12.2. The second kappa shape index (κ2) is 6.25. The van der Waals surface area contributed by atoms with E-state index in [1.165, 1.54) is 11.3 Å². The van der Waals surface area contributed by atoms with Gasteiger partial charge < -0.3 is 0 Å². The van der Waals surface area contributed by atoms with Crippen molar-refractivity contribution >= 4 is 38.3 Å². The van der Waals surface area contributed by atoms with Gasteiger partial charge in [-0.15, -0.1) is 10.2 Å². The molecule has 0 fully saturated rings. The third-order valence-electron chi connectivity index (χ3n) is 2.51. The largest absolute Gasteiger partial charge is 0.300 e. The lowest BCUT2D eigenvalue weighted by Crippen LogP contribution is -2.26. The molecular formula is C13H14BrN3OS. The Kier molecular flexibility index (Phi) is 4.66. The summed E-state index contributed by atoms with van der Waals surface area (Å²) >= 11 is 4.73. The highest BCUT2D eigenvalue weighted by atomic mass is 79.9. The van der Waals surface area contributed by atoms with Gasteiger partial charge in [-0.3, -0.25) is 10.1 Å². The van der Waals surface area contributed by atoms with Gasteiger partial charge in [0.2, 0.25) is 11.0 Å². The van der Waals surface area contributed by atoms with E-state index in [1.54, 1.807) is 0 Å². The number of benzene rings is 1. The summed E-state index contributed by atoms with van der Waals surface area (Å²) < 4.78 is 0. The predicted octanol–water partition coefficient (Wildman–Crippen LogP) is 3.56. The molecule has 1 atom stereocenters. The number of carbonyl (C=O) groups excluding carboxylic acids is 1. The lowest BCUT2D eigenvalue weighted by molar-refractivity contribution is -0.116. The fourth-order valence-electron chi connectivity index (χ4n) is 1.45. The molecular weight excluding hydrogens is 326 g/mol. The van der Waals surface area contributed by atoms with Gasteiger partial charge in [-0.25, -0.2) is 0 Å². The quantitative estimate of drug-likeness (QED) is 0.866. The molecule has 0 radical (unpaired) electrons. The molecule has 1 heterocycles. The van der Waals surface area contributed by atoms with Gasteiger partial charge in [-0.2, -0.15) is 0 Å². The second-order valence-electron chi connectivity index (χ2n) is 4.41. The minimum absolute atomic E-state index is 0.0919. The van der Waals surface area contributed by atoms with Crippen molar-refractivity contribution in [1.82, 2.24) is 10.2 Å². The molecule has 0 saturated heterocycles. The topological polar surface area (TPSA) is 54.9 Å². The molecule has 2 aromatic rings. The van der Waals surface area contributed by atoms with Crippen LogP contribution in [0.3, 0.4) is 0 Å². The molecule has 100 valence electrons. The zero-order valence-electron chi connectivity index (χ0n) is 10.6. The van der Waals surface area contributed by atoms with Crippen molar-refractivity contribution < 1.29 is 4.79 Å². The first kappa shape index (κ1) is 14.1.